The first-order chi connectivity index (χ1) is 13.2. The van der Waals surface area contributed by atoms with E-state index in [-0.39, 0.29) is 11.9 Å². The fourth-order valence-electron chi connectivity index (χ4n) is 2.95. The van der Waals surface area contributed by atoms with Crippen LogP contribution in [0.1, 0.15) is 28.1 Å². The Kier molecular flexibility index (Phi) is 6.35. The third kappa shape index (κ3) is 4.81. The molecule has 0 spiro atoms. The number of carbonyl (C=O) groups excluding carboxylic acids is 2. The second kappa shape index (κ2) is 9.12. The Balaban J connectivity index is 1.95. The molecule has 0 saturated carbocycles. The molecule has 1 aromatic heterocycles. The fourth-order valence-corrected chi connectivity index (χ4v) is 3.79. The van der Waals surface area contributed by atoms with Crippen molar-refractivity contribution in [3.05, 3.63) is 94.2 Å². The molecule has 138 valence electrons. The van der Waals surface area contributed by atoms with Crippen molar-refractivity contribution in [1.82, 2.24) is 10.6 Å². The summed E-state index contributed by atoms with van der Waals surface area (Å²) in [7, 11) is 1.49. The average Bonchev–Trinajstić information content (AvgIpc) is 3.24. The lowest BCUT2D eigenvalue weighted by Crippen LogP contribution is -2.88. The number of benzene rings is 2. The van der Waals surface area contributed by atoms with E-state index in [2.05, 4.69) is 28.8 Å². The molecule has 3 rings (SSSR count). The van der Waals surface area contributed by atoms with Crippen LogP contribution in [0, 0.1) is 0 Å². The molecule has 0 aliphatic heterocycles. The number of hydrogen-bond donors (Lipinski definition) is 3. The molecule has 0 unspecified atom stereocenters. The fraction of sp³-hybridized carbons (Fsp3) is 0.143. The van der Waals surface area contributed by atoms with Gasteiger partial charge in [-0.2, -0.15) is 0 Å². The van der Waals surface area contributed by atoms with E-state index in [9.17, 15) is 9.59 Å². The topological polar surface area (TPSA) is 74.8 Å². The molecule has 5 nitrogen and oxygen atoms in total. The van der Waals surface area contributed by atoms with Crippen molar-refractivity contribution in [3.8, 4) is 0 Å². The number of nitrogens with one attached hydrogen (secondary N) is 2. The van der Waals surface area contributed by atoms with Crippen molar-refractivity contribution in [2.75, 3.05) is 7.05 Å². The number of urea groups is 1. The van der Waals surface area contributed by atoms with Crippen molar-refractivity contribution in [2.45, 2.75) is 12.1 Å². The predicted octanol–water partition coefficient (Wildman–Crippen LogP) is 2.60. The van der Waals surface area contributed by atoms with Crippen LogP contribution in [-0.4, -0.2) is 19.0 Å². The Bertz CT molecular complexity index is 867. The number of nitrogens with two attached hydrogens (primary N) is 1. The van der Waals surface area contributed by atoms with Gasteiger partial charge >= 0.3 is 6.03 Å². The largest absolute Gasteiger partial charge is 0.341 e. The number of hydrogen-bond acceptors (Lipinski definition) is 3. The lowest BCUT2D eigenvalue weighted by molar-refractivity contribution is -0.713. The first-order valence-corrected chi connectivity index (χ1v) is 9.58. The van der Waals surface area contributed by atoms with E-state index in [0.717, 1.165) is 16.0 Å². The molecule has 0 aliphatic carbocycles. The standard InChI is InChI=1S/C21H21N3O2S/c1-22-21(26)24-20(25)19(16-11-6-3-7-12-16)23-18(17-13-8-14-27-17)15-9-4-2-5-10-15/h2-14,18-19,23H,1H3,(H2,22,24,25,26)/p+1/t18-,19-/m0/s1. The van der Waals surface area contributed by atoms with Crippen molar-refractivity contribution in [1.29, 1.82) is 0 Å². The van der Waals surface area contributed by atoms with Crippen LogP contribution in [0.15, 0.2) is 78.2 Å². The molecule has 3 amide bonds. The van der Waals surface area contributed by atoms with Crippen LogP contribution in [0.5, 0.6) is 0 Å². The molecule has 27 heavy (non-hydrogen) atoms. The Labute approximate surface area is 162 Å². The van der Waals surface area contributed by atoms with Crippen LogP contribution < -0.4 is 16.0 Å². The molecule has 0 radical (unpaired) electrons. The maximum absolute atomic E-state index is 12.8. The van der Waals surface area contributed by atoms with E-state index in [1.165, 1.54) is 7.05 Å². The van der Waals surface area contributed by atoms with Gasteiger partial charge < -0.3 is 10.6 Å². The molecular weight excluding hydrogens is 358 g/mol. The molecule has 2 aromatic carbocycles. The molecule has 1 heterocycles. The van der Waals surface area contributed by atoms with Gasteiger partial charge in [0.05, 0.1) is 4.88 Å². The summed E-state index contributed by atoms with van der Waals surface area (Å²) < 4.78 is 0. The predicted molar refractivity (Wildman–Crippen MR) is 106 cm³/mol. The maximum atomic E-state index is 12.8. The Hall–Kier alpha value is -2.96. The highest BCUT2D eigenvalue weighted by Crippen LogP contribution is 2.24. The third-order valence-electron chi connectivity index (χ3n) is 4.30. The molecular formula is C21H22N3O2S+. The molecule has 6 heteroatoms. The number of carbonyl (C=O) groups is 2. The minimum atomic E-state index is -0.559. The van der Waals surface area contributed by atoms with E-state index >= 15 is 0 Å². The van der Waals surface area contributed by atoms with E-state index in [0.29, 0.717) is 0 Å². The third-order valence-corrected chi connectivity index (χ3v) is 5.25. The van der Waals surface area contributed by atoms with Gasteiger partial charge in [-0.05, 0) is 11.4 Å². The van der Waals surface area contributed by atoms with Crippen LogP contribution >= 0.6 is 11.3 Å². The zero-order chi connectivity index (χ0) is 19.1. The highest BCUT2D eigenvalue weighted by Gasteiger charge is 2.31. The van der Waals surface area contributed by atoms with Crippen molar-refractivity contribution < 1.29 is 14.9 Å². The Morgan fingerprint density at radius 2 is 1.52 bits per heavy atom. The van der Waals surface area contributed by atoms with Crippen LogP contribution in [0.2, 0.25) is 0 Å². The van der Waals surface area contributed by atoms with Gasteiger partial charge in [-0.25, -0.2) is 4.79 Å². The summed E-state index contributed by atoms with van der Waals surface area (Å²) in [6.07, 6.45) is 0. The number of thiophene rings is 1. The first-order valence-electron chi connectivity index (χ1n) is 8.70. The maximum Gasteiger partial charge on any atom is 0.321 e. The number of rotatable bonds is 6. The van der Waals surface area contributed by atoms with Gasteiger partial charge in [0.1, 0.15) is 6.04 Å². The minimum Gasteiger partial charge on any atom is -0.341 e. The quantitative estimate of drug-likeness (QED) is 0.615. The summed E-state index contributed by atoms with van der Waals surface area (Å²) >= 11 is 1.65. The highest BCUT2D eigenvalue weighted by atomic mass is 32.1. The van der Waals surface area contributed by atoms with E-state index < -0.39 is 12.1 Å². The zero-order valence-corrected chi connectivity index (χ0v) is 15.8. The normalized spacial score (nSPS) is 12.8. The summed E-state index contributed by atoms with van der Waals surface area (Å²) in [5, 5.41) is 8.88. The van der Waals surface area contributed by atoms with Gasteiger partial charge in [0.25, 0.3) is 5.91 Å². The Morgan fingerprint density at radius 1 is 0.889 bits per heavy atom. The van der Waals surface area contributed by atoms with Gasteiger partial charge in [-0.3, -0.25) is 10.1 Å². The molecule has 0 bridgehead atoms. The highest BCUT2D eigenvalue weighted by molar-refractivity contribution is 7.10. The van der Waals surface area contributed by atoms with Crippen molar-refractivity contribution in [2.24, 2.45) is 0 Å². The van der Waals surface area contributed by atoms with Crippen molar-refractivity contribution in [3.63, 3.8) is 0 Å². The number of imide groups is 1. The minimum absolute atomic E-state index is 0.0492. The molecule has 3 aromatic rings. The van der Waals surface area contributed by atoms with Gasteiger partial charge in [0.15, 0.2) is 6.04 Å². The Morgan fingerprint density at radius 3 is 2.07 bits per heavy atom. The smallest absolute Gasteiger partial charge is 0.321 e. The van der Waals surface area contributed by atoms with Crippen LogP contribution in [0.3, 0.4) is 0 Å². The summed E-state index contributed by atoms with van der Waals surface area (Å²) in [5.41, 5.74) is 1.95. The van der Waals surface area contributed by atoms with Gasteiger partial charge in [0.2, 0.25) is 0 Å². The molecule has 0 aliphatic rings. The molecule has 0 saturated heterocycles. The monoisotopic (exact) mass is 380 g/mol. The SMILES string of the molecule is CNC(=O)NC(=O)[C@@H]([NH2+][C@@H](c1ccccc1)c1cccs1)c1ccccc1. The lowest BCUT2D eigenvalue weighted by atomic mass is 10.0. The van der Waals surface area contributed by atoms with Crippen LogP contribution in [0.25, 0.3) is 0 Å². The average molecular weight is 380 g/mol. The molecule has 2 atom stereocenters. The summed E-state index contributed by atoms with van der Waals surface area (Å²) in [6, 6.07) is 22.5. The van der Waals surface area contributed by atoms with E-state index in [1.54, 1.807) is 11.3 Å². The van der Waals surface area contributed by atoms with Gasteiger partial charge in [0, 0.05) is 18.2 Å². The van der Waals surface area contributed by atoms with E-state index in [1.807, 2.05) is 65.3 Å². The second-order valence-corrected chi connectivity index (χ2v) is 7.03. The van der Waals surface area contributed by atoms with Crippen LogP contribution in [-0.2, 0) is 4.79 Å². The molecule has 0 fully saturated rings. The van der Waals surface area contributed by atoms with E-state index in [4.69, 9.17) is 0 Å². The number of quaternary nitrogens is 1. The second-order valence-electron chi connectivity index (χ2n) is 6.05. The van der Waals surface area contributed by atoms with Gasteiger partial charge in [-0.15, -0.1) is 11.3 Å². The number of amides is 3. The summed E-state index contributed by atoms with van der Waals surface area (Å²) in [5.74, 6) is -0.349. The molecule has 4 N–H and O–H groups in total. The summed E-state index contributed by atoms with van der Waals surface area (Å²) in [4.78, 5) is 25.7. The lowest BCUT2D eigenvalue weighted by Gasteiger charge is -2.22. The zero-order valence-electron chi connectivity index (χ0n) is 15.0. The first kappa shape index (κ1) is 18.8. The van der Waals surface area contributed by atoms with Gasteiger partial charge in [-0.1, -0.05) is 66.7 Å². The van der Waals surface area contributed by atoms with Crippen molar-refractivity contribution >= 4 is 23.3 Å². The van der Waals surface area contributed by atoms with Crippen LogP contribution in [0.4, 0.5) is 4.79 Å². The summed E-state index contributed by atoms with van der Waals surface area (Å²) in [6.45, 7) is 0.